The molecule has 2 bridgehead atoms. The summed E-state index contributed by atoms with van der Waals surface area (Å²) in [5.41, 5.74) is -0.428. The highest BCUT2D eigenvalue weighted by atomic mass is 16.5. The largest absolute Gasteiger partial charge is 0.456 e. The van der Waals surface area contributed by atoms with Crippen LogP contribution in [0.2, 0.25) is 0 Å². The SMILES string of the molecule is CC(C)(C)NC(=O)NC(=O)COC(=O)CC1CC2CCC1C2. The van der Waals surface area contributed by atoms with Gasteiger partial charge in [0.2, 0.25) is 0 Å². The summed E-state index contributed by atoms with van der Waals surface area (Å²) < 4.78 is 4.97. The van der Waals surface area contributed by atoms with Gasteiger partial charge in [-0.15, -0.1) is 0 Å². The van der Waals surface area contributed by atoms with Gasteiger partial charge >= 0.3 is 12.0 Å². The second-order valence-electron chi connectivity index (χ2n) is 7.55. The molecule has 0 aromatic heterocycles. The predicted molar refractivity (Wildman–Crippen MR) is 80.9 cm³/mol. The molecular weight excluding hydrogens is 284 g/mol. The molecule has 3 unspecified atom stereocenters. The zero-order valence-electron chi connectivity index (χ0n) is 13.6. The van der Waals surface area contributed by atoms with E-state index in [4.69, 9.17) is 4.74 Å². The summed E-state index contributed by atoms with van der Waals surface area (Å²) in [5.74, 6) is 0.904. The first-order valence-electron chi connectivity index (χ1n) is 8.00. The van der Waals surface area contributed by atoms with Crippen LogP contribution in [0.25, 0.3) is 0 Å². The Balaban J connectivity index is 1.63. The zero-order chi connectivity index (χ0) is 16.3. The second-order valence-corrected chi connectivity index (χ2v) is 7.55. The topological polar surface area (TPSA) is 84.5 Å². The van der Waals surface area contributed by atoms with Crippen molar-refractivity contribution in [1.29, 1.82) is 0 Å². The van der Waals surface area contributed by atoms with Gasteiger partial charge in [0, 0.05) is 12.0 Å². The molecule has 0 aromatic carbocycles. The highest BCUT2D eigenvalue weighted by Crippen LogP contribution is 2.49. The van der Waals surface area contributed by atoms with Crippen LogP contribution >= 0.6 is 0 Å². The van der Waals surface area contributed by atoms with Crippen molar-refractivity contribution in [3.8, 4) is 0 Å². The van der Waals surface area contributed by atoms with Gasteiger partial charge in [-0.1, -0.05) is 6.42 Å². The molecule has 6 nitrogen and oxygen atoms in total. The Morgan fingerprint density at radius 1 is 1.14 bits per heavy atom. The molecule has 3 atom stereocenters. The third-order valence-electron chi connectivity index (χ3n) is 4.42. The molecule has 0 radical (unpaired) electrons. The molecule has 22 heavy (non-hydrogen) atoms. The van der Waals surface area contributed by atoms with Crippen molar-refractivity contribution in [3.05, 3.63) is 0 Å². The first-order valence-corrected chi connectivity index (χ1v) is 8.00. The molecule has 0 heterocycles. The molecule has 0 saturated heterocycles. The van der Waals surface area contributed by atoms with E-state index in [9.17, 15) is 14.4 Å². The van der Waals surface area contributed by atoms with E-state index in [1.807, 2.05) is 20.8 Å². The molecule has 2 rings (SSSR count). The summed E-state index contributed by atoms with van der Waals surface area (Å²) in [6, 6.07) is -0.582. The summed E-state index contributed by atoms with van der Waals surface area (Å²) in [4.78, 5) is 34.8. The van der Waals surface area contributed by atoms with Crippen LogP contribution in [0, 0.1) is 17.8 Å². The highest BCUT2D eigenvalue weighted by molar-refractivity contribution is 5.95. The minimum absolute atomic E-state index is 0.344. The number of hydrogen-bond donors (Lipinski definition) is 2. The van der Waals surface area contributed by atoms with Gasteiger partial charge in [-0.3, -0.25) is 14.9 Å². The Morgan fingerprint density at radius 2 is 1.86 bits per heavy atom. The highest BCUT2D eigenvalue weighted by Gasteiger charge is 2.40. The molecule has 2 aliphatic rings. The summed E-state index contributed by atoms with van der Waals surface area (Å²) >= 11 is 0. The Bertz CT molecular complexity index is 456. The standard InChI is InChI=1S/C16H26N2O4/c1-16(2,3)18-15(21)17-13(19)9-22-14(20)8-12-7-10-4-5-11(12)6-10/h10-12H,4-9H2,1-3H3,(H2,17,18,19,21). The third-order valence-corrected chi connectivity index (χ3v) is 4.42. The molecule has 0 aromatic rings. The lowest BCUT2D eigenvalue weighted by molar-refractivity contribution is -0.149. The number of hydrogen-bond acceptors (Lipinski definition) is 4. The quantitative estimate of drug-likeness (QED) is 0.778. The van der Waals surface area contributed by atoms with Crippen molar-refractivity contribution < 1.29 is 19.1 Å². The van der Waals surface area contributed by atoms with Crippen LogP contribution in [-0.2, 0) is 14.3 Å². The van der Waals surface area contributed by atoms with Gasteiger partial charge in [0.25, 0.3) is 5.91 Å². The molecule has 0 aliphatic heterocycles. The fourth-order valence-corrected chi connectivity index (χ4v) is 3.58. The van der Waals surface area contributed by atoms with Crippen molar-refractivity contribution >= 4 is 17.9 Å². The lowest BCUT2D eigenvalue weighted by Gasteiger charge is -2.21. The first kappa shape index (κ1) is 16.8. The van der Waals surface area contributed by atoms with Gasteiger partial charge < -0.3 is 10.1 Å². The lowest BCUT2D eigenvalue weighted by atomic mass is 9.86. The van der Waals surface area contributed by atoms with Gasteiger partial charge in [-0.25, -0.2) is 4.79 Å². The maximum absolute atomic E-state index is 11.8. The van der Waals surface area contributed by atoms with Crippen molar-refractivity contribution in [2.24, 2.45) is 17.8 Å². The molecule has 124 valence electrons. The number of nitrogens with one attached hydrogen (secondary N) is 2. The number of ether oxygens (including phenoxy) is 1. The van der Waals surface area contributed by atoms with Crippen molar-refractivity contribution in [2.45, 2.75) is 58.4 Å². The summed E-state index contributed by atoms with van der Waals surface area (Å²) in [6.07, 6.45) is 5.26. The molecule has 3 amide bonds. The normalized spacial score (nSPS) is 26.6. The fourth-order valence-electron chi connectivity index (χ4n) is 3.58. The lowest BCUT2D eigenvalue weighted by Crippen LogP contribution is -2.49. The number of esters is 1. The van der Waals surface area contributed by atoms with Crippen molar-refractivity contribution in [2.75, 3.05) is 6.61 Å². The van der Waals surface area contributed by atoms with Gasteiger partial charge in [-0.05, 0) is 57.8 Å². The van der Waals surface area contributed by atoms with E-state index in [2.05, 4.69) is 10.6 Å². The molecule has 2 fully saturated rings. The van der Waals surface area contributed by atoms with E-state index in [1.165, 1.54) is 19.3 Å². The molecule has 6 heteroatoms. The van der Waals surface area contributed by atoms with Crippen LogP contribution < -0.4 is 10.6 Å². The van der Waals surface area contributed by atoms with Crippen LogP contribution in [0.1, 0.15) is 52.9 Å². The van der Waals surface area contributed by atoms with Crippen LogP contribution in [0.3, 0.4) is 0 Å². The molecule has 2 aliphatic carbocycles. The van der Waals surface area contributed by atoms with Crippen LogP contribution in [0.5, 0.6) is 0 Å². The maximum Gasteiger partial charge on any atom is 0.321 e. The first-order chi connectivity index (χ1) is 10.2. The maximum atomic E-state index is 11.8. The Labute approximate surface area is 131 Å². The average Bonchev–Trinajstić information content (AvgIpc) is 2.96. The molecule has 2 saturated carbocycles. The number of imide groups is 1. The minimum Gasteiger partial charge on any atom is -0.456 e. The van der Waals surface area contributed by atoms with Crippen LogP contribution in [-0.4, -0.2) is 30.1 Å². The third kappa shape index (κ3) is 5.00. The molecular formula is C16H26N2O4. The van der Waals surface area contributed by atoms with E-state index in [0.717, 1.165) is 12.3 Å². The van der Waals surface area contributed by atoms with E-state index < -0.39 is 24.1 Å². The van der Waals surface area contributed by atoms with Crippen molar-refractivity contribution in [1.82, 2.24) is 10.6 Å². The number of amides is 3. The Morgan fingerprint density at radius 3 is 2.41 bits per heavy atom. The molecule has 2 N–H and O–H groups in total. The smallest absolute Gasteiger partial charge is 0.321 e. The van der Waals surface area contributed by atoms with Crippen molar-refractivity contribution in [3.63, 3.8) is 0 Å². The van der Waals surface area contributed by atoms with Gasteiger partial charge in [-0.2, -0.15) is 0 Å². The van der Waals surface area contributed by atoms with Gasteiger partial charge in [0.1, 0.15) is 0 Å². The number of carbonyl (C=O) groups excluding carboxylic acids is 3. The van der Waals surface area contributed by atoms with Gasteiger partial charge in [0.15, 0.2) is 6.61 Å². The van der Waals surface area contributed by atoms with E-state index in [-0.39, 0.29) is 5.97 Å². The molecule has 0 spiro atoms. The van der Waals surface area contributed by atoms with Crippen LogP contribution in [0.15, 0.2) is 0 Å². The monoisotopic (exact) mass is 310 g/mol. The van der Waals surface area contributed by atoms with E-state index >= 15 is 0 Å². The zero-order valence-corrected chi connectivity index (χ0v) is 13.6. The number of fused-ring (bicyclic) bond motifs is 2. The van der Waals surface area contributed by atoms with E-state index in [1.54, 1.807) is 0 Å². The summed E-state index contributed by atoms with van der Waals surface area (Å²) in [6.45, 7) is 5.03. The number of urea groups is 1. The fraction of sp³-hybridized carbons (Fsp3) is 0.812. The average molecular weight is 310 g/mol. The van der Waals surface area contributed by atoms with Crippen LogP contribution in [0.4, 0.5) is 4.79 Å². The minimum atomic E-state index is -0.608. The Kier molecular flexibility index (Phi) is 5.08. The predicted octanol–water partition coefficient (Wildman–Crippen LogP) is 1.98. The Hall–Kier alpha value is -1.59. The summed E-state index contributed by atoms with van der Waals surface area (Å²) in [7, 11) is 0. The number of carbonyl (C=O) groups is 3. The van der Waals surface area contributed by atoms with Gasteiger partial charge in [0.05, 0.1) is 0 Å². The second kappa shape index (κ2) is 6.67. The summed E-state index contributed by atoms with van der Waals surface area (Å²) in [5, 5.41) is 4.75. The van der Waals surface area contributed by atoms with E-state index in [0.29, 0.717) is 18.3 Å². The number of rotatable bonds is 4.